The minimum absolute atomic E-state index is 0.373. The van der Waals surface area contributed by atoms with E-state index in [1.54, 1.807) is 6.07 Å². The predicted octanol–water partition coefficient (Wildman–Crippen LogP) is 3.82. The molecular formula is C17H19NO. The van der Waals surface area contributed by atoms with E-state index in [1.165, 1.54) is 22.4 Å². The quantitative estimate of drug-likeness (QED) is 0.879. The number of hydrogen-bond donors (Lipinski definition) is 1. The molecule has 1 atom stereocenters. The summed E-state index contributed by atoms with van der Waals surface area (Å²) < 4.78 is 0. The third kappa shape index (κ3) is 2.19. The van der Waals surface area contributed by atoms with E-state index in [-0.39, 0.29) is 0 Å². The molecule has 1 unspecified atom stereocenters. The van der Waals surface area contributed by atoms with Crippen molar-refractivity contribution in [3.05, 3.63) is 59.2 Å². The number of anilines is 1. The third-order valence-electron chi connectivity index (χ3n) is 4.08. The summed E-state index contributed by atoms with van der Waals surface area (Å²) in [4.78, 5) is 2.34. The first kappa shape index (κ1) is 12.1. The molecule has 2 aromatic carbocycles. The Balaban J connectivity index is 1.91. The Morgan fingerprint density at radius 3 is 2.58 bits per heavy atom. The van der Waals surface area contributed by atoms with E-state index >= 15 is 0 Å². The van der Waals surface area contributed by atoms with Crippen molar-refractivity contribution in [2.24, 2.45) is 0 Å². The van der Waals surface area contributed by atoms with Crippen LogP contribution in [0.4, 0.5) is 5.69 Å². The van der Waals surface area contributed by atoms with Crippen molar-refractivity contribution in [2.75, 3.05) is 11.9 Å². The van der Waals surface area contributed by atoms with Gasteiger partial charge in [-0.25, -0.2) is 0 Å². The number of aromatic hydroxyl groups is 1. The van der Waals surface area contributed by atoms with Crippen molar-refractivity contribution in [1.29, 1.82) is 0 Å². The monoisotopic (exact) mass is 253 g/mol. The second-order valence-electron chi connectivity index (χ2n) is 5.38. The Hall–Kier alpha value is -1.96. The Bertz CT molecular complexity index is 589. The fourth-order valence-corrected chi connectivity index (χ4v) is 2.94. The molecule has 98 valence electrons. The molecule has 0 fully saturated rings. The molecular weight excluding hydrogens is 234 g/mol. The van der Waals surface area contributed by atoms with Crippen molar-refractivity contribution in [3.8, 4) is 5.75 Å². The lowest BCUT2D eigenvalue weighted by atomic mass is 10.1. The van der Waals surface area contributed by atoms with Gasteiger partial charge < -0.3 is 10.0 Å². The predicted molar refractivity (Wildman–Crippen MR) is 78.8 cm³/mol. The maximum atomic E-state index is 9.56. The topological polar surface area (TPSA) is 23.5 Å². The van der Waals surface area contributed by atoms with Crippen LogP contribution in [0, 0.1) is 6.92 Å². The number of benzene rings is 2. The molecule has 0 saturated carbocycles. The first-order valence-corrected chi connectivity index (χ1v) is 6.76. The normalized spacial score (nSPS) is 17.3. The van der Waals surface area contributed by atoms with E-state index < -0.39 is 0 Å². The van der Waals surface area contributed by atoms with E-state index in [0.717, 1.165) is 12.8 Å². The van der Waals surface area contributed by atoms with Crippen molar-refractivity contribution >= 4 is 5.69 Å². The summed E-state index contributed by atoms with van der Waals surface area (Å²) in [7, 11) is 2.15. The zero-order valence-corrected chi connectivity index (χ0v) is 11.4. The van der Waals surface area contributed by atoms with E-state index in [4.69, 9.17) is 0 Å². The molecule has 0 radical (unpaired) electrons. The van der Waals surface area contributed by atoms with Gasteiger partial charge in [-0.2, -0.15) is 0 Å². The van der Waals surface area contributed by atoms with Crippen LogP contribution < -0.4 is 4.90 Å². The summed E-state index contributed by atoms with van der Waals surface area (Å²) in [6.45, 7) is 2.11. The highest BCUT2D eigenvalue weighted by molar-refractivity contribution is 5.52. The number of rotatable bonds is 2. The molecule has 19 heavy (non-hydrogen) atoms. The van der Waals surface area contributed by atoms with Crippen LogP contribution in [-0.2, 0) is 6.42 Å². The summed E-state index contributed by atoms with van der Waals surface area (Å²) in [5.41, 5.74) is 5.16. The number of phenols is 1. The standard InChI is InChI=1S/C17H19NO/c1-12-3-6-14(7-4-12)18(2)17-10-5-13-11-15(19)8-9-16(13)17/h3-4,6-9,11,17,19H,5,10H2,1-2H3. The molecule has 3 rings (SSSR count). The lowest BCUT2D eigenvalue weighted by Gasteiger charge is -2.27. The van der Waals surface area contributed by atoms with E-state index in [9.17, 15) is 5.11 Å². The van der Waals surface area contributed by atoms with Gasteiger partial charge in [-0.3, -0.25) is 0 Å². The van der Waals surface area contributed by atoms with Gasteiger partial charge in [-0.1, -0.05) is 23.8 Å². The van der Waals surface area contributed by atoms with Gasteiger partial charge in [0.05, 0.1) is 6.04 Å². The summed E-state index contributed by atoms with van der Waals surface area (Å²) in [6, 6.07) is 14.8. The maximum Gasteiger partial charge on any atom is 0.115 e. The van der Waals surface area contributed by atoms with Crippen LogP contribution in [-0.4, -0.2) is 12.2 Å². The first-order valence-electron chi connectivity index (χ1n) is 6.76. The molecule has 0 bridgehead atoms. The molecule has 0 heterocycles. The smallest absolute Gasteiger partial charge is 0.115 e. The Labute approximate surface area is 114 Å². The minimum atomic E-state index is 0.373. The van der Waals surface area contributed by atoms with Gasteiger partial charge in [0.1, 0.15) is 5.75 Å². The zero-order chi connectivity index (χ0) is 13.4. The molecule has 1 aliphatic rings. The molecule has 0 amide bonds. The van der Waals surface area contributed by atoms with Crippen LogP contribution in [0.15, 0.2) is 42.5 Å². The van der Waals surface area contributed by atoms with E-state index in [2.05, 4.69) is 49.2 Å². The molecule has 2 aromatic rings. The highest BCUT2D eigenvalue weighted by Gasteiger charge is 2.26. The number of nitrogens with zero attached hydrogens (tertiary/aromatic N) is 1. The van der Waals surface area contributed by atoms with Crippen molar-refractivity contribution in [1.82, 2.24) is 0 Å². The summed E-state index contributed by atoms with van der Waals surface area (Å²) in [5.74, 6) is 0.373. The largest absolute Gasteiger partial charge is 0.508 e. The SMILES string of the molecule is Cc1ccc(N(C)C2CCc3cc(O)ccc32)cc1. The van der Waals surface area contributed by atoms with Crippen molar-refractivity contribution in [2.45, 2.75) is 25.8 Å². The number of phenolic OH excluding ortho intramolecular Hbond substituents is 1. The molecule has 0 aliphatic heterocycles. The number of aryl methyl sites for hydroxylation is 2. The van der Waals surface area contributed by atoms with Gasteiger partial charge in [0, 0.05) is 12.7 Å². The van der Waals surface area contributed by atoms with E-state index in [1.807, 2.05) is 6.07 Å². The van der Waals surface area contributed by atoms with Gasteiger partial charge in [0.25, 0.3) is 0 Å². The minimum Gasteiger partial charge on any atom is -0.508 e. The fourth-order valence-electron chi connectivity index (χ4n) is 2.94. The van der Waals surface area contributed by atoms with Crippen molar-refractivity contribution < 1.29 is 5.11 Å². The van der Waals surface area contributed by atoms with Gasteiger partial charge in [-0.15, -0.1) is 0 Å². The summed E-state index contributed by atoms with van der Waals surface area (Å²) in [5, 5.41) is 9.56. The average molecular weight is 253 g/mol. The number of fused-ring (bicyclic) bond motifs is 1. The van der Waals surface area contributed by atoms with Crippen LogP contribution in [0.3, 0.4) is 0 Å². The fraction of sp³-hybridized carbons (Fsp3) is 0.294. The van der Waals surface area contributed by atoms with Crippen LogP contribution in [0.1, 0.15) is 29.2 Å². The lowest BCUT2D eigenvalue weighted by molar-refractivity contribution is 0.474. The van der Waals surface area contributed by atoms with Gasteiger partial charge >= 0.3 is 0 Å². The molecule has 0 saturated heterocycles. The molecule has 2 heteroatoms. The second kappa shape index (κ2) is 4.61. The maximum absolute atomic E-state index is 9.56. The van der Waals surface area contributed by atoms with E-state index in [0.29, 0.717) is 11.8 Å². The van der Waals surface area contributed by atoms with Crippen LogP contribution in [0.2, 0.25) is 0 Å². The lowest BCUT2D eigenvalue weighted by Crippen LogP contribution is -2.22. The highest BCUT2D eigenvalue weighted by atomic mass is 16.3. The first-order chi connectivity index (χ1) is 9.15. The third-order valence-corrected chi connectivity index (χ3v) is 4.08. The molecule has 1 aliphatic carbocycles. The summed E-state index contributed by atoms with van der Waals surface area (Å²) in [6.07, 6.45) is 2.16. The van der Waals surface area contributed by atoms with Gasteiger partial charge in [-0.05, 0) is 55.2 Å². The van der Waals surface area contributed by atoms with Gasteiger partial charge in [0.2, 0.25) is 0 Å². The Morgan fingerprint density at radius 2 is 1.84 bits per heavy atom. The molecule has 0 spiro atoms. The number of hydrogen-bond acceptors (Lipinski definition) is 2. The van der Waals surface area contributed by atoms with Crippen molar-refractivity contribution in [3.63, 3.8) is 0 Å². The zero-order valence-electron chi connectivity index (χ0n) is 11.4. The van der Waals surface area contributed by atoms with Crippen LogP contribution in [0.25, 0.3) is 0 Å². The molecule has 0 aromatic heterocycles. The second-order valence-corrected chi connectivity index (χ2v) is 5.38. The Morgan fingerprint density at radius 1 is 1.11 bits per heavy atom. The van der Waals surface area contributed by atoms with Gasteiger partial charge in [0.15, 0.2) is 0 Å². The van der Waals surface area contributed by atoms with Crippen LogP contribution >= 0.6 is 0 Å². The molecule has 2 nitrogen and oxygen atoms in total. The summed E-state index contributed by atoms with van der Waals surface area (Å²) >= 11 is 0. The highest BCUT2D eigenvalue weighted by Crippen LogP contribution is 2.38. The van der Waals surface area contributed by atoms with Crippen LogP contribution in [0.5, 0.6) is 5.75 Å². The molecule has 1 N–H and O–H groups in total. The Kier molecular flexibility index (Phi) is 2.94. The average Bonchev–Trinajstić information content (AvgIpc) is 2.81.